The van der Waals surface area contributed by atoms with E-state index < -0.39 is 0 Å². The molecule has 21 heavy (non-hydrogen) atoms. The zero-order valence-electron chi connectivity index (χ0n) is 12.9. The first-order chi connectivity index (χ1) is 10.3. The maximum Gasteiger partial charge on any atom is 0.0483 e. The zero-order valence-corrected chi connectivity index (χ0v) is 12.9. The normalized spacial score (nSPS) is 18.2. The summed E-state index contributed by atoms with van der Waals surface area (Å²) in [6.07, 6.45) is 6.59. The molecule has 1 unspecified atom stereocenters. The van der Waals surface area contributed by atoms with Gasteiger partial charge in [-0.05, 0) is 49.3 Å². The molecule has 2 heterocycles. The molecule has 1 aromatic heterocycles. The van der Waals surface area contributed by atoms with Gasteiger partial charge in [-0.1, -0.05) is 19.1 Å². The van der Waals surface area contributed by atoms with Crippen molar-refractivity contribution in [3.8, 4) is 0 Å². The van der Waals surface area contributed by atoms with Gasteiger partial charge in [0, 0.05) is 42.9 Å². The van der Waals surface area contributed by atoms with E-state index in [-0.39, 0.29) is 6.04 Å². The van der Waals surface area contributed by atoms with Crippen LogP contribution >= 0.6 is 0 Å². The Morgan fingerprint density at radius 2 is 2.10 bits per heavy atom. The van der Waals surface area contributed by atoms with Crippen LogP contribution in [0.1, 0.15) is 31.7 Å². The maximum absolute atomic E-state index is 6.13. The monoisotopic (exact) mass is 286 g/mol. The van der Waals surface area contributed by atoms with Crippen LogP contribution in [-0.2, 0) is 17.7 Å². The van der Waals surface area contributed by atoms with Gasteiger partial charge >= 0.3 is 0 Å². The molecular weight excluding hydrogens is 260 g/mol. The molecule has 3 rings (SSSR count). The van der Waals surface area contributed by atoms with Crippen molar-refractivity contribution in [1.82, 2.24) is 4.57 Å². The number of rotatable bonds is 5. The second-order valence-electron chi connectivity index (χ2n) is 6.25. The van der Waals surface area contributed by atoms with Crippen molar-refractivity contribution in [3.63, 3.8) is 0 Å². The van der Waals surface area contributed by atoms with Gasteiger partial charge in [-0.25, -0.2) is 0 Å². The van der Waals surface area contributed by atoms with Crippen LogP contribution in [0, 0.1) is 5.92 Å². The average molecular weight is 286 g/mol. The minimum atomic E-state index is 0.259. The van der Waals surface area contributed by atoms with Crippen LogP contribution in [-0.4, -0.2) is 23.8 Å². The number of fused-ring (bicyclic) bond motifs is 1. The van der Waals surface area contributed by atoms with E-state index in [2.05, 4.69) is 42.0 Å². The molecule has 2 N–H and O–H groups in total. The molecule has 2 aromatic rings. The first-order valence-corrected chi connectivity index (χ1v) is 8.18. The largest absolute Gasteiger partial charge is 0.381 e. The lowest BCUT2D eigenvalue weighted by molar-refractivity contribution is 0.0616. The summed E-state index contributed by atoms with van der Waals surface area (Å²) in [4.78, 5) is 0. The van der Waals surface area contributed by atoms with Crippen LogP contribution in [0.25, 0.3) is 10.9 Å². The topological polar surface area (TPSA) is 40.2 Å². The van der Waals surface area contributed by atoms with Gasteiger partial charge in [0.1, 0.15) is 0 Å². The molecule has 1 atom stereocenters. The number of ether oxygens (including phenoxy) is 1. The highest BCUT2D eigenvalue weighted by molar-refractivity contribution is 5.83. The predicted molar refractivity (Wildman–Crippen MR) is 87.5 cm³/mol. The van der Waals surface area contributed by atoms with E-state index >= 15 is 0 Å². The van der Waals surface area contributed by atoms with Crippen LogP contribution in [0.3, 0.4) is 0 Å². The highest BCUT2D eigenvalue weighted by Crippen LogP contribution is 2.25. The van der Waals surface area contributed by atoms with E-state index in [0.29, 0.717) is 0 Å². The predicted octanol–water partition coefficient (Wildman–Crippen LogP) is 3.35. The van der Waals surface area contributed by atoms with E-state index in [9.17, 15) is 0 Å². The summed E-state index contributed by atoms with van der Waals surface area (Å²) < 4.78 is 7.87. The van der Waals surface area contributed by atoms with Gasteiger partial charge in [-0.2, -0.15) is 0 Å². The van der Waals surface area contributed by atoms with Crippen molar-refractivity contribution in [2.45, 2.75) is 45.2 Å². The van der Waals surface area contributed by atoms with E-state index in [1.165, 1.54) is 29.3 Å². The van der Waals surface area contributed by atoms with Crippen LogP contribution in [0.2, 0.25) is 0 Å². The smallest absolute Gasteiger partial charge is 0.0483 e. The van der Waals surface area contributed by atoms with Gasteiger partial charge in [0.05, 0.1) is 0 Å². The summed E-state index contributed by atoms with van der Waals surface area (Å²) in [5.41, 5.74) is 8.86. The van der Waals surface area contributed by atoms with Crippen molar-refractivity contribution in [2.24, 2.45) is 11.7 Å². The number of nitrogens with zero attached hydrogens (tertiary/aromatic N) is 1. The van der Waals surface area contributed by atoms with Crippen molar-refractivity contribution < 1.29 is 4.74 Å². The average Bonchev–Trinajstić information content (AvgIpc) is 2.92. The Balaban J connectivity index is 1.82. The van der Waals surface area contributed by atoms with E-state index in [0.717, 1.165) is 38.5 Å². The molecule has 0 bridgehead atoms. The van der Waals surface area contributed by atoms with Gasteiger partial charge < -0.3 is 15.0 Å². The van der Waals surface area contributed by atoms with Crippen molar-refractivity contribution in [3.05, 3.63) is 36.0 Å². The molecule has 1 aliphatic heterocycles. The Morgan fingerprint density at radius 3 is 2.86 bits per heavy atom. The molecular formula is C18H26N2O. The molecule has 3 nitrogen and oxygen atoms in total. The Kier molecular flexibility index (Phi) is 4.61. The van der Waals surface area contributed by atoms with Crippen molar-refractivity contribution >= 4 is 10.9 Å². The summed E-state index contributed by atoms with van der Waals surface area (Å²) in [7, 11) is 0. The quantitative estimate of drug-likeness (QED) is 0.915. The van der Waals surface area contributed by atoms with Crippen LogP contribution in [0.4, 0.5) is 0 Å². The Morgan fingerprint density at radius 1 is 1.29 bits per heavy atom. The number of aromatic nitrogens is 1. The fraction of sp³-hybridized carbons (Fsp3) is 0.556. The van der Waals surface area contributed by atoms with Gasteiger partial charge in [0.2, 0.25) is 0 Å². The number of nitrogens with two attached hydrogens (primary N) is 1. The molecule has 0 aliphatic carbocycles. The molecule has 3 heteroatoms. The molecule has 1 aliphatic rings. The third-order valence-electron chi connectivity index (χ3n) is 4.71. The van der Waals surface area contributed by atoms with Crippen molar-refractivity contribution in [1.29, 1.82) is 0 Å². The zero-order chi connectivity index (χ0) is 14.7. The molecule has 1 aromatic carbocycles. The van der Waals surface area contributed by atoms with Gasteiger partial charge in [-0.15, -0.1) is 0 Å². The Hall–Kier alpha value is -1.32. The van der Waals surface area contributed by atoms with Crippen LogP contribution in [0.5, 0.6) is 0 Å². The van der Waals surface area contributed by atoms with Gasteiger partial charge in [0.15, 0.2) is 0 Å². The second-order valence-corrected chi connectivity index (χ2v) is 6.25. The summed E-state index contributed by atoms with van der Waals surface area (Å²) >= 11 is 0. The van der Waals surface area contributed by atoms with E-state index in [4.69, 9.17) is 10.5 Å². The third-order valence-corrected chi connectivity index (χ3v) is 4.71. The van der Waals surface area contributed by atoms with Gasteiger partial charge in [-0.3, -0.25) is 0 Å². The fourth-order valence-electron chi connectivity index (χ4n) is 3.26. The fourth-order valence-corrected chi connectivity index (χ4v) is 3.26. The minimum Gasteiger partial charge on any atom is -0.381 e. The molecule has 0 amide bonds. The molecule has 0 saturated carbocycles. The van der Waals surface area contributed by atoms with Crippen molar-refractivity contribution in [2.75, 3.05) is 13.2 Å². The van der Waals surface area contributed by atoms with E-state index in [1.807, 2.05) is 0 Å². The lowest BCUT2D eigenvalue weighted by Crippen LogP contribution is -2.21. The number of benzene rings is 1. The summed E-state index contributed by atoms with van der Waals surface area (Å²) in [6.45, 7) is 5.10. The van der Waals surface area contributed by atoms with Gasteiger partial charge in [0.25, 0.3) is 0 Å². The molecule has 1 saturated heterocycles. The number of hydrogen-bond donors (Lipinski definition) is 1. The molecule has 0 radical (unpaired) electrons. The SMILES string of the molecule is CCC(N)Cc1cccc2c1ccn2CC1CCOCC1. The molecule has 0 spiro atoms. The third kappa shape index (κ3) is 3.30. The first-order valence-electron chi connectivity index (χ1n) is 8.18. The Labute approximate surface area is 127 Å². The van der Waals surface area contributed by atoms with E-state index in [1.54, 1.807) is 0 Å². The molecule has 114 valence electrons. The summed E-state index contributed by atoms with van der Waals surface area (Å²) in [5, 5.41) is 1.37. The lowest BCUT2D eigenvalue weighted by Gasteiger charge is -2.23. The maximum atomic E-state index is 6.13. The second kappa shape index (κ2) is 6.63. The van der Waals surface area contributed by atoms with Crippen LogP contribution in [0.15, 0.2) is 30.5 Å². The standard InChI is InChI=1S/C18H26N2O/c1-2-16(19)12-15-4-3-5-18-17(15)6-9-20(18)13-14-7-10-21-11-8-14/h3-6,9,14,16H,2,7-8,10-13,19H2,1H3. The highest BCUT2D eigenvalue weighted by Gasteiger charge is 2.16. The van der Waals surface area contributed by atoms with Crippen LogP contribution < -0.4 is 5.73 Å². The minimum absolute atomic E-state index is 0.259. The Bertz CT molecular complexity index is 584. The first kappa shape index (κ1) is 14.6. The number of hydrogen-bond acceptors (Lipinski definition) is 2. The lowest BCUT2D eigenvalue weighted by atomic mass is 10.00. The summed E-state index contributed by atoms with van der Waals surface area (Å²) in [6, 6.07) is 9.13. The highest BCUT2D eigenvalue weighted by atomic mass is 16.5. The molecule has 1 fully saturated rings. The summed E-state index contributed by atoms with van der Waals surface area (Å²) in [5.74, 6) is 0.746.